The lowest BCUT2D eigenvalue weighted by molar-refractivity contribution is 0.408. The van der Waals surface area contributed by atoms with E-state index in [9.17, 15) is 0 Å². The first-order valence-corrected chi connectivity index (χ1v) is 4.11. The Morgan fingerprint density at radius 1 is 1.42 bits per heavy atom. The molecule has 0 fully saturated rings. The molecule has 0 radical (unpaired) electrons. The lowest BCUT2D eigenvalue weighted by atomic mass is 10.1. The smallest absolute Gasteiger partial charge is 0.122 e. The van der Waals surface area contributed by atoms with E-state index < -0.39 is 0 Å². The van der Waals surface area contributed by atoms with Crippen LogP contribution in [0.3, 0.4) is 0 Å². The maximum atomic E-state index is 5.69. The molecule has 0 aliphatic carbocycles. The lowest BCUT2D eigenvalue weighted by Gasteiger charge is -2.09. The summed E-state index contributed by atoms with van der Waals surface area (Å²) in [5, 5.41) is 0. The fraction of sp³-hybridized carbons (Fsp3) is 0.400. The van der Waals surface area contributed by atoms with Crippen LogP contribution in [0.2, 0.25) is 0 Å². The molecular weight excluding hydrogens is 150 g/mol. The largest absolute Gasteiger partial charge is 0.496 e. The summed E-state index contributed by atoms with van der Waals surface area (Å²) >= 11 is 0. The minimum absolute atomic E-state index is 0.182. The Bertz CT molecular complexity index is 245. The molecule has 0 spiro atoms. The Morgan fingerprint density at radius 3 is 2.67 bits per heavy atom. The van der Waals surface area contributed by atoms with Gasteiger partial charge in [-0.15, -0.1) is 0 Å². The van der Waals surface area contributed by atoms with Crippen molar-refractivity contribution in [3.8, 4) is 5.75 Å². The van der Waals surface area contributed by atoms with Gasteiger partial charge >= 0.3 is 0 Å². The van der Waals surface area contributed by atoms with E-state index in [4.69, 9.17) is 10.5 Å². The quantitative estimate of drug-likeness (QED) is 0.738. The summed E-state index contributed by atoms with van der Waals surface area (Å²) in [7, 11) is 1.68. The maximum absolute atomic E-state index is 5.69. The Morgan fingerprint density at radius 2 is 2.08 bits per heavy atom. The highest BCUT2D eigenvalue weighted by Crippen LogP contribution is 2.18. The third-order valence-corrected chi connectivity index (χ3v) is 1.73. The molecule has 2 N–H and O–H groups in total. The van der Waals surface area contributed by atoms with Gasteiger partial charge in [0.2, 0.25) is 0 Å². The number of hydrogen-bond donors (Lipinski definition) is 1. The molecule has 1 aromatic carbocycles. The third kappa shape index (κ3) is 2.24. The van der Waals surface area contributed by atoms with Crippen LogP contribution in [0.5, 0.6) is 5.75 Å². The number of nitrogens with two attached hydrogens (primary N) is 1. The highest BCUT2D eigenvalue weighted by molar-refractivity contribution is 5.33. The van der Waals surface area contributed by atoms with Crippen molar-refractivity contribution in [3.05, 3.63) is 29.8 Å². The second-order valence-electron chi connectivity index (χ2n) is 2.99. The third-order valence-electron chi connectivity index (χ3n) is 1.73. The number of hydrogen-bond acceptors (Lipinski definition) is 2. The van der Waals surface area contributed by atoms with Crippen LogP contribution in [0.1, 0.15) is 12.5 Å². The van der Waals surface area contributed by atoms with Gasteiger partial charge in [-0.25, -0.2) is 0 Å². The summed E-state index contributed by atoms with van der Waals surface area (Å²) < 4.78 is 5.19. The molecule has 2 nitrogen and oxygen atoms in total. The molecule has 1 rings (SSSR count). The molecule has 0 heterocycles. The topological polar surface area (TPSA) is 35.2 Å². The second-order valence-corrected chi connectivity index (χ2v) is 2.99. The second kappa shape index (κ2) is 4.12. The summed E-state index contributed by atoms with van der Waals surface area (Å²) in [6.45, 7) is 1.99. The summed E-state index contributed by atoms with van der Waals surface area (Å²) in [6.07, 6.45) is 0.865. The van der Waals surface area contributed by atoms with Crippen LogP contribution in [-0.2, 0) is 6.42 Å². The van der Waals surface area contributed by atoms with Gasteiger partial charge in [0.1, 0.15) is 5.75 Å². The van der Waals surface area contributed by atoms with Crippen molar-refractivity contribution in [2.24, 2.45) is 5.73 Å². The van der Waals surface area contributed by atoms with Crippen molar-refractivity contribution in [1.82, 2.24) is 0 Å². The minimum atomic E-state index is 0.182. The van der Waals surface area contributed by atoms with Crippen molar-refractivity contribution in [2.45, 2.75) is 19.4 Å². The van der Waals surface area contributed by atoms with Gasteiger partial charge in [0, 0.05) is 6.04 Å². The van der Waals surface area contributed by atoms with Gasteiger partial charge in [0.05, 0.1) is 7.11 Å². The Labute approximate surface area is 73.3 Å². The van der Waals surface area contributed by atoms with Crippen molar-refractivity contribution in [2.75, 3.05) is 7.11 Å². The molecule has 0 unspecified atom stereocenters. The van der Waals surface area contributed by atoms with E-state index in [2.05, 4.69) is 0 Å². The fourth-order valence-corrected chi connectivity index (χ4v) is 1.22. The SMILES string of the molecule is COc1ccccc1C[C@H](C)N. The molecule has 0 aromatic heterocycles. The zero-order chi connectivity index (χ0) is 8.97. The maximum Gasteiger partial charge on any atom is 0.122 e. The van der Waals surface area contributed by atoms with Gasteiger partial charge in [-0.05, 0) is 25.0 Å². The van der Waals surface area contributed by atoms with E-state index >= 15 is 0 Å². The molecule has 66 valence electrons. The van der Waals surface area contributed by atoms with Crippen molar-refractivity contribution in [1.29, 1.82) is 0 Å². The highest BCUT2D eigenvalue weighted by Gasteiger charge is 2.02. The van der Waals surface area contributed by atoms with Gasteiger partial charge < -0.3 is 10.5 Å². The summed E-state index contributed by atoms with van der Waals surface area (Å²) in [5.74, 6) is 0.926. The van der Waals surface area contributed by atoms with Crippen LogP contribution < -0.4 is 10.5 Å². The van der Waals surface area contributed by atoms with Crippen molar-refractivity contribution < 1.29 is 4.74 Å². The molecule has 1 aromatic rings. The molecule has 1 atom stereocenters. The molecule has 0 bridgehead atoms. The van der Waals surface area contributed by atoms with Gasteiger partial charge in [0.15, 0.2) is 0 Å². The predicted octanol–water partition coefficient (Wildman–Crippen LogP) is 1.58. The first-order chi connectivity index (χ1) is 5.74. The normalized spacial score (nSPS) is 12.6. The standard InChI is InChI=1S/C10H15NO/c1-8(11)7-9-5-3-4-6-10(9)12-2/h3-6,8H,7,11H2,1-2H3/t8-/m0/s1. The zero-order valence-electron chi connectivity index (χ0n) is 7.58. The average molecular weight is 165 g/mol. The molecule has 2 heteroatoms. The fourth-order valence-electron chi connectivity index (χ4n) is 1.22. The van der Waals surface area contributed by atoms with E-state index in [0.29, 0.717) is 0 Å². The number of benzene rings is 1. The zero-order valence-corrected chi connectivity index (χ0v) is 7.58. The summed E-state index contributed by atoms with van der Waals surface area (Å²) in [6, 6.07) is 8.14. The van der Waals surface area contributed by atoms with E-state index in [0.717, 1.165) is 12.2 Å². The summed E-state index contributed by atoms with van der Waals surface area (Å²) in [4.78, 5) is 0. The van der Waals surface area contributed by atoms with Crippen LogP contribution in [0.15, 0.2) is 24.3 Å². The number of para-hydroxylation sites is 1. The van der Waals surface area contributed by atoms with Crippen molar-refractivity contribution in [3.63, 3.8) is 0 Å². The Balaban J connectivity index is 2.82. The van der Waals surface area contributed by atoms with E-state index in [1.54, 1.807) is 7.11 Å². The highest BCUT2D eigenvalue weighted by atomic mass is 16.5. The van der Waals surface area contributed by atoms with Crippen LogP contribution in [0.4, 0.5) is 0 Å². The van der Waals surface area contributed by atoms with Gasteiger partial charge in [-0.3, -0.25) is 0 Å². The first kappa shape index (κ1) is 9.07. The monoisotopic (exact) mass is 165 g/mol. The molecule has 0 aliphatic heterocycles. The van der Waals surface area contributed by atoms with Gasteiger partial charge in [-0.2, -0.15) is 0 Å². The van der Waals surface area contributed by atoms with Crippen LogP contribution in [-0.4, -0.2) is 13.2 Å². The van der Waals surface area contributed by atoms with Crippen LogP contribution in [0.25, 0.3) is 0 Å². The van der Waals surface area contributed by atoms with E-state index in [1.807, 2.05) is 31.2 Å². The number of ether oxygens (including phenoxy) is 1. The van der Waals surface area contributed by atoms with Crippen molar-refractivity contribution >= 4 is 0 Å². The predicted molar refractivity (Wildman–Crippen MR) is 50.3 cm³/mol. The van der Waals surface area contributed by atoms with E-state index in [-0.39, 0.29) is 6.04 Å². The average Bonchev–Trinajstić information content (AvgIpc) is 2.04. The number of methoxy groups -OCH3 is 1. The molecule has 0 amide bonds. The number of rotatable bonds is 3. The molecule has 0 saturated heterocycles. The molecule has 0 saturated carbocycles. The first-order valence-electron chi connectivity index (χ1n) is 4.11. The van der Waals surface area contributed by atoms with E-state index in [1.165, 1.54) is 5.56 Å². The minimum Gasteiger partial charge on any atom is -0.496 e. The molecule has 0 aliphatic rings. The lowest BCUT2D eigenvalue weighted by Crippen LogP contribution is -2.18. The Kier molecular flexibility index (Phi) is 3.11. The molecule has 12 heavy (non-hydrogen) atoms. The molecular formula is C10H15NO. The van der Waals surface area contributed by atoms with Crippen LogP contribution in [0, 0.1) is 0 Å². The van der Waals surface area contributed by atoms with Gasteiger partial charge in [-0.1, -0.05) is 18.2 Å². The van der Waals surface area contributed by atoms with Gasteiger partial charge in [0.25, 0.3) is 0 Å². The van der Waals surface area contributed by atoms with Crippen LogP contribution >= 0.6 is 0 Å². The summed E-state index contributed by atoms with van der Waals surface area (Å²) in [5.41, 5.74) is 6.87. The Hall–Kier alpha value is -1.02.